The number of hydrogen-bond donors (Lipinski definition) is 1. The average molecular weight is 308 g/mol. The molecule has 0 aliphatic carbocycles. The Labute approximate surface area is 121 Å². The van der Waals surface area contributed by atoms with E-state index in [2.05, 4.69) is 6.58 Å². The number of quaternary nitrogens is 1. The Morgan fingerprint density at radius 3 is 2.40 bits per heavy atom. The molecule has 7 heteroatoms. The maximum atomic E-state index is 11.2. The molecule has 0 aliphatic rings. The third kappa shape index (κ3) is 8.29. The molecular weight excluding hydrogens is 282 g/mol. The summed E-state index contributed by atoms with van der Waals surface area (Å²) in [6.07, 6.45) is 1.07. The van der Waals surface area contributed by atoms with Gasteiger partial charge in [0.2, 0.25) is 0 Å². The molecule has 0 radical (unpaired) electrons. The first-order valence-electron chi connectivity index (χ1n) is 6.56. The standard InChI is InChI=1S/C13H25NO5S/c1-11(2)13(15)19-9-6-8-14(4,5)12(3)7-10-20(16,17)18/h12H,1,6-10H2,2-5H3/p+1. The number of esters is 1. The van der Waals surface area contributed by atoms with Gasteiger partial charge in [0.15, 0.2) is 0 Å². The molecule has 1 atom stereocenters. The van der Waals surface area contributed by atoms with Crippen molar-refractivity contribution < 1.29 is 27.0 Å². The average Bonchev–Trinajstić information content (AvgIpc) is 2.30. The van der Waals surface area contributed by atoms with Crippen molar-refractivity contribution in [2.75, 3.05) is 33.0 Å². The van der Waals surface area contributed by atoms with Gasteiger partial charge >= 0.3 is 5.97 Å². The van der Waals surface area contributed by atoms with Crippen LogP contribution >= 0.6 is 0 Å². The Morgan fingerprint density at radius 2 is 1.95 bits per heavy atom. The predicted octanol–water partition coefficient (Wildman–Crippen LogP) is 1.24. The SMILES string of the molecule is C=C(C)C(=O)OCCC[N+](C)(C)C(C)CCS(=O)(=O)O. The van der Waals surface area contributed by atoms with E-state index in [0.717, 1.165) is 6.54 Å². The summed E-state index contributed by atoms with van der Waals surface area (Å²) in [5, 5.41) is 0. The molecular formula is C13H26NO5S+. The minimum Gasteiger partial charge on any atom is -0.462 e. The van der Waals surface area contributed by atoms with Gasteiger partial charge < -0.3 is 9.22 Å². The molecule has 1 unspecified atom stereocenters. The summed E-state index contributed by atoms with van der Waals surface area (Å²) in [6, 6.07) is 0.0776. The molecule has 0 amide bonds. The highest BCUT2D eigenvalue weighted by Crippen LogP contribution is 2.12. The second kappa shape index (κ2) is 7.75. The minimum atomic E-state index is -3.91. The fourth-order valence-electron chi connectivity index (χ4n) is 1.65. The van der Waals surface area contributed by atoms with Crippen LogP contribution in [0.5, 0.6) is 0 Å². The highest BCUT2D eigenvalue weighted by atomic mass is 32.2. The fraction of sp³-hybridized carbons (Fsp3) is 0.769. The molecule has 0 heterocycles. The van der Waals surface area contributed by atoms with Crippen molar-refractivity contribution in [2.45, 2.75) is 32.7 Å². The van der Waals surface area contributed by atoms with Crippen LogP contribution in [-0.4, -0.2) is 62.5 Å². The first-order valence-corrected chi connectivity index (χ1v) is 8.17. The predicted molar refractivity (Wildman–Crippen MR) is 77.9 cm³/mol. The quantitative estimate of drug-likeness (QED) is 0.228. The van der Waals surface area contributed by atoms with Gasteiger partial charge in [-0.1, -0.05) is 6.58 Å². The van der Waals surface area contributed by atoms with E-state index in [4.69, 9.17) is 9.29 Å². The lowest BCUT2D eigenvalue weighted by Gasteiger charge is -2.36. The van der Waals surface area contributed by atoms with E-state index in [-0.39, 0.29) is 11.8 Å². The second-order valence-electron chi connectivity index (χ2n) is 5.70. The van der Waals surface area contributed by atoms with Crippen LogP contribution < -0.4 is 0 Å². The number of nitrogens with zero attached hydrogens (tertiary/aromatic N) is 1. The Kier molecular flexibility index (Phi) is 7.40. The highest BCUT2D eigenvalue weighted by molar-refractivity contribution is 7.85. The number of ether oxygens (including phenoxy) is 1. The van der Waals surface area contributed by atoms with E-state index in [1.807, 2.05) is 21.0 Å². The molecule has 0 aromatic carbocycles. The summed E-state index contributed by atoms with van der Waals surface area (Å²) in [4.78, 5) is 11.2. The van der Waals surface area contributed by atoms with Crippen LogP contribution in [-0.2, 0) is 19.6 Å². The normalized spacial score (nSPS) is 13.8. The third-order valence-corrected chi connectivity index (χ3v) is 4.20. The summed E-state index contributed by atoms with van der Waals surface area (Å²) in [5.41, 5.74) is 0.375. The zero-order valence-corrected chi connectivity index (χ0v) is 13.6. The zero-order chi connectivity index (χ0) is 16.0. The molecule has 0 bridgehead atoms. The van der Waals surface area contributed by atoms with Crippen LogP contribution in [0, 0.1) is 0 Å². The van der Waals surface area contributed by atoms with Crippen molar-refractivity contribution in [3.05, 3.63) is 12.2 Å². The summed E-state index contributed by atoms with van der Waals surface area (Å²) >= 11 is 0. The lowest BCUT2D eigenvalue weighted by atomic mass is 10.2. The molecule has 20 heavy (non-hydrogen) atoms. The van der Waals surface area contributed by atoms with E-state index in [1.165, 1.54) is 0 Å². The smallest absolute Gasteiger partial charge is 0.333 e. The van der Waals surface area contributed by atoms with Crippen molar-refractivity contribution in [2.24, 2.45) is 0 Å². The number of rotatable bonds is 9. The van der Waals surface area contributed by atoms with Gasteiger partial charge in [-0.25, -0.2) is 4.79 Å². The van der Waals surface area contributed by atoms with Crippen LogP contribution in [0.15, 0.2) is 12.2 Å². The van der Waals surface area contributed by atoms with Crippen molar-refractivity contribution in [1.82, 2.24) is 0 Å². The molecule has 0 fully saturated rings. The fourth-order valence-corrected chi connectivity index (χ4v) is 2.29. The third-order valence-electron chi connectivity index (χ3n) is 3.45. The van der Waals surface area contributed by atoms with Gasteiger partial charge in [-0.3, -0.25) is 4.55 Å². The first kappa shape index (κ1) is 19.1. The minimum absolute atomic E-state index is 0.0776. The van der Waals surface area contributed by atoms with Crippen LogP contribution in [0.4, 0.5) is 0 Å². The van der Waals surface area contributed by atoms with E-state index in [9.17, 15) is 13.2 Å². The zero-order valence-electron chi connectivity index (χ0n) is 12.8. The Morgan fingerprint density at radius 1 is 1.40 bits per heavy atom. The van der Waals surface area contributed by atoms with Crippen molar-refractivity contribution >= 4 is 16.1 Å². The summed E-state index contributed by atoms with van der Waals surface area (Å²) < 4.78 is 35.9. The van der Waals surface area contributed by atoms with Gasteiger partial charge in [-0.15, -0.1) is 0 Å². The van der Waals surface area contributed by atoms with E-state index in [0.29, 0.717) is 29.5 Å². The van der Waals surface area contributed by atoms with Gasteiger partial charge in [0, 0.05) is 18.4 Å². The Bertz CT molecular complexity index is 442. The van der Waals surface area contributed by atoms with Gasteiger partial charge in [0.1, 0.15) is 0 Å². The molecule has 118 valence electrons. The molecule has 0 aromatic rings. The van der Waals surface area contributed by atoms with Gasteiger partial charge in [0.25, 0.3) is 10.1 Å². The van der Waals surface area contributed by atoms with Gasteiger partial charge in [-0.05, 0) is 13.8 Å². The van der Waals surface area contributed by atoms with Crippen molar-refractivity contribution in [1.29, 1.82) is 0 Å². The van der Waals surface area contributed by atoms with Gasteiger partial charge in [0.05, 0.1) is 39.0 Å². The molecule has 0 saturated heterocycles. The van der Waals surface area contributed by atoms with Crippen LogP contribution in [0.3, 0.4) is 0 Å². The van der Waals surface area contributed by atoms with Crippen LogP contribution in [0.1, 0.15) is 26.7 Å². The largest absolute Gasteiger partial charge is 0.462 e. The maximum absolute atomic E-state index is 11.2. The summed E-state index contributed by atoms with van der Waals surface area (Å²) in [6.45, 7) is 8.10. The lowest BCUT2D eigenvalue weighted by Crippen LogP contribution is -2.48. The maximum Gasteiger partial charge on any atom is 0.333 e. The second-order valence-corrected chi connectivity index (χ2v) is 7.27. The van der Waals surface area contributed by atoms with Crippen molar-refractivity contribution in [3.63, 3.8) is 0 Å². The molecule has 0 aromatic heterocycles. The Hall–Kier alpha value is -0.920. The van der Waals surface area contributed by atoms with Crippen molar-refractivity contribution in [3.8, 4) is 0 Å². The van der Waals surface area contributed by atoms with Crippen LogP contribution in [0.2, 0.25) is 0 Å². The molecule has 0 aliphatic heterocycles. The Balaban J connectivity index is 4.11. The lowest BCUT2D eigenvalue weighted by molar-refractivity contribution is -0.913. The van der Waals surface area contributed by atoms with E-state index >= 15 is 0 Å². The van der Waals surface area contributed by atoms with E-state index in [1.54, 1.807) is 6.92 Å². The number of carbonyl (C=O) groups excluding carboxylic acids is 1. The summed E-state index contributed by atoms with van der Waals surface area (Å²) in [5.74, 6) is -0.629. The monoisotopic (exact) mass is 308 g/mol. The molecule has 6 nitrogen and oxygen atoms in total. The highest BCUT2D eigenvalue weighted by Gasteiger charge is 2.25. The molecule has 0 saturated carbocycles. The topological polar surface area (TPSA) is 80.7 Å². The van der Waals surface area contributed by atoms with E-state index < -0.39 is 16.1 Å². The molecule has 0 spiro atoms. The number of hydrogen-bond acceptors (Lipinski definition) is 4. The van der Waals surface area contributed by atoms with Crippen LogP contribution in [0.25, 0.3) is 0 Å². The molecule has 1 N–H and O–H groups in total. The molecule has 0 rings (SSSR count). The van der Waals surface area contributed by atoms with Gasteiger partial charge in [-0.2, -0.15) is 8.42 Å². The summed E-state index contributed by atoms with van der Waals surface area (Å²) in [7, 11) is 0.0483. The number of carbonyl (C=O) groups is 1. The first-order chi connectivity index (χ1) is 8.96.